The van der Waals surface area contributed by atoms with E-state index in [4.69, 9.17) is 5.73 Å². The first kappa shape index (κ1) is 28.2. The SMILES string of the molecule is NCc1c(OC(F)(F)F)c(OC(F)(F)F)c(OC(F)(F)F)c(OC(F)(F)F)c1OC(F)(F)F. The largest absolute Gasteiger partial charge is 0.573 e. The average molecular weight is 527 g/mol. The molecule has 0 fully saturated rings. The molecule has 1 rings (SSSR count). The lowest BCUT2D eigenvalue weighted by Crippen LogP contribution is -2.28. The van der Waals surface area contributed by atoms with Crippen molar-refractivity contribution in [3.05, 3.63) is 5.56 Å². The molecule has 33 heavy (non-hydrogen) atoms. The summed E-state index contributed by atoms with van der Waals surface area (Å²) in [6, 6.07) is 0. The summed E-state index contributed by atoms with van der Waals surface area (Å²) >= 11 is 0. The molecule has 0 aliphatic heterocycles. The quantitative estimate of drug-likeness (QED) is 0.484. The Kier molecular flexibility index (Phi) is 7.52. The maximum atomic E-state index is 12.6. The molecule has 0 aliphatic carbocycles. The highest BCUT2D eigenvalue weighted by Gasteiger charge is 2.49. The Morgan fingerprint density at radius 3 is 0.758 bits per heavy atom. The van der Waals surface area contributed by atoms with Gasteiger partial charge in [0.1, 0.15) is 0 Å². The summed E-state index contributed by atoms with van der Waals surface area (Å²) in [5, 5.41) is 0. The summed E-state index contributed by atoms with van der Waals surface area (Å²) < 4.78 is 204. The fourth-order valence-electron chi connectivity index (χ4n) is 1.94. The predicted molar refractivity (Wildman–Crippen MR) is 67.7 cm³/mol. The normalized spacial score (nSPS) is 13.6. The first-order valence-corrected chi connectivity index (χ1v) is 7.14. The lowest BCUT2D eigenvalue weighted by atomic mass is 10.1. The molecule has 0 atom stereocenters. The third-order valence-corrected chi connectivity index (χ3v) is 2.67. The summed E-state index contributed by atoms with van der Waals surface area (Å²) in [6.07, 6.45) is -31.2. The summed E-state index contributed by atoms with van der Waals surface area (Å²) in [6.45, 7) is -1.84. The third kappa shape index (κ3) is 9.26. The zero-order valence-corrected chi connectivity index (χ0v) is 14.5. The van der Waals surface area contributed by atoms with Gasteiger partial charge >= 0.3 is 31.8 Å². The number of benzene rings is 1. The molecule has 0 bridgehead atoms. The lowest BCUT2D eigenvalue weighted by Gasteiger charge is -2.26. The fraction of sp³-hybridized carbons (Fsp3) is 0.500. The van der Waals surface area contributed by atoms with Crippen molar-refractivity contribution in [2.75, 3.05) is 0 Å². The second kappa shape index (κ2) is 8.82. The van der Waals surface area contributed by atoms with Crippen LogP contribution >= 0.6 is 0 Å². The van der Waals surface area contributed by atoms with Gasteiger partial charge in [-0.1, -0.05) is 0 Å². The Hall–Kier alpha value is -2.87. The van der Waals surface area contributed by atoms with E-state index in [1.165, 1.54) is 0 Å². The molecule has 192 valence electrons. The molecular weight excluding hydrogens is 523 g/mol. The van der Waals surface area contributed by atoms with Crippen LogP contribution in [0.1, 0.15) is 5.56 Å². The van der Waals surface area contributed by atoms with Crippen LogP contribution < -0.4 is 29.4 Å². The molecule has 0 aliphatic rings. The predicted octanol–water partition coefficient (Wildman–Crippen LogP) is 5.64. The lowest BCUT2D eigenvalue weighted by molar-refractivity contribution is -0.300. The number of rotatable bonds is 6. The van der Waals surface area contributed by atoms with Crippen molar-refractivity contribution in [2.45, 2.75) is 38.4 Å². The Bertz CT molecular complexity index is 780. The van der Waals surface area contributed by atoms with Crippen LogP contribution in [0.3, 0.4) is 0 Å². The molecular formula is C12H4F15NO5. The van der Waals surface area contributed by atoms with Crippen molar-refractivity contribution in [1.82, 2.24) is 0 Å². The van der Waals surface area contributed by atoms with E-state index in [9.17, 15) is 65.9 Å². The fourth-order valence-corrected chi connectivity index (χ4v) is 1.94. The van der Waals surface area contributed by atoms with E-state index in [0.29, 0.717) is 0 Å². The number of hydrogen-bond donors (Lipinski definition) is 1. The molecule has 6 nitrogen and oxygen atoms in total. The van der Waals surface area contributed by atoms with Gasteiger partial charge in [0.05, 0.1) is 5.56 Å². The van der Waals surface area contributed by atoms with E-state index in [1.54, 1.807) is 0 Å². The van der Waals surface area contributed by atoms with E-state index in [0.717, 1.165) is 0 Å². The van der Waals surface area contributed by atoms with Gasteiger partial charge in [-0.15, -0.1) is 65.9 Å². The summed E-state index contributed by atoms with van der Waals surface area (Å²) in [4.78, 5) is 0. The molecule has 2 N–H and O–H groups in total. The van der Waals surface area contributed by atoms with E-state index in [2.05, 4.69) is 23.7 Å². The second-order valence-corrected chi connectivity index (χ2v) is 5.07. The number of nitrogens with two attached hydrogens (primary N) is 1. The average Bonchev–Trinajstić information content (AvgIpc) is 2.48. The highest BCUT2D eigenvalue weighted by molar-refractivity contribution is 5.70. The summed E-state index contributed by atoms with van der Waals surface area (Å²) in [5.41, 5.74) is 2.67. The molecule has 0 saturated carbocycles. The van der Waals surface area contributed by atoms with E-state index in [1.807, 2.05) is 0 Å². The number of alkyl halides is 15. The van der Waals surface area contributed by atoms with Gasteiger partial charge in [-0.25, -0.2) is 0 Å². The Balaban J connectivity index is 4.27. The van der Waals surface area contributed by atoms with Crippen LogP contribution in [0.4, 0.5) is 65.9 Å². The van der Waals surface area contributed by atoms with Gasteiger partial charge < -0.3 is 29.4 Å². The first-order valence-electron chi connectivity index (χ1n) is 7.14. The minimum absolute atomic E-state index is 1.84. The van der Waals surface area contributed by atoms with Gasteiger partial charge in [0.25, 0.3) is 0 Å². The van der Waals surface area contributed by atoms with E-state index >= 15 is 0 Å². The third-order valence-electron chi connectivity index (χ3n) is 2.67. The zero-order valence-electron chi connectivity index (χ0n) is 14.5. The zero-order chi connectivity index (χ0) is 26.2. The monoisotopic (exact) mass is 527 g/mol. The first-order chi connectivity index (χ1) is 14.4. The number of ether oxygens (including phenoxy) is 5. The van der Waals surface area contributed by atoms with E-state index < -0.39 is 72.7 Å². The highest BCUT2D eigenvalue weighted by atomic mass is 19.4. The van der Waals surface area contributed by atoms with Crippen molar-refractivity contribution < 1.29 is 89.5 Å². The molecule has 1 aromatic carbocycles. The van der Waals surface area contributed by atoms with Crippen molar-refractivity contribution in [3.63, 3.8) is 0 Å². The summed E-state index contributed by atoms with van der Waals surface area (Å²) in [7, 11) is 0. The molecule has 0 spiro atoms. The van der Waals surface area contributed by atoms with Crippen LogP contribution in [-0.2, 0) is 6.54 Å². The smallest absolute Gasteiger partial charge is 0.401 e. The minimum atomic E-state index is -6.33. The molecule has 0 radical (unpaired) electrons. The van der Waals surface area contributed by atoms with Gasteiger partial charge in [0.2, 0.25) is 17.2 Å². The van der Waals surface area contributed by atoms with Gasteiger partial charge in [-0.05, 0) is 0 Å². The van der Waals surface area contributed by atoms with Crippen molar-refractivity contribution in [1.29, 1.82) is 0 Å². The maximum Gasteiger partial charge on any atom is 0.573 e. The van der Waals surface area contributed by atoms with Crippen LogP contribution in [0.15, 0.2) is 0 Å². The molecule has 0 aromatic heterocycles. The molecule has 1 aromatic rings. The molecule has 0 heterocycles. The Morgan fingerprint density at radius 2 is 0.576 bits per heavy atom. The van der Waals surface area contributed by atoms with Crippen LogP contribution in [0.2, 0.25) is 0 Å². The van der Waals surface area contributed by atoms with Gasteiger partial charge in [-0.3, -0.25) is 0 Å². The minimum Gasteiger partial charge on any atom is -0.401 e. The highest BCUT2D eigenvalue weighted by Crippen LogP contribution is 2.58. The van der Waals surface area contributed by atoms with Crippen molar-refractivity contribution in [2.24, 2.45) is 5.73 Å². The van der Waals surface area contributed by atoms with Crippen molar-refractivity contribution >= 4 is 0 Å². The van der Waals surface area contributed by atoms with Crippen LogP contribution in [-0.4, -0.2) is 31.8 Å². The Labute approximate surface area is 169 Å². The van der Waals surface area contributed by atoms with Crippen LogP contribution in [0, 0.1) is 0 Å². The second-order valence-electron chi connectivity index (χ2n) is 5.07. The van der Waals surface area contributed by atoms with E-state index in [-0.39, 0.29) is 0 Å². The van der Waals surface area contributed by atoms with Crippen LogP contribution in [0.5, 0.6) is 28.7 Å². The standard InChI is InChI=1S/C12H4F15NO5/c13-8(14,15)29-3-2(1-28)4(30-9(16,17)18)6(32-11(22,23)24)7(33-12(25,26)27)5(3)31-10(19,20)21/h1,28H2. The van der Waals surface area contributed by atoms with Gasteiger partial charge in [0, 0.05) is 6.54 Å². The summed E-state index contributed by atoms with van der Waals surface area (Å²) in [5.74, 6) is -14.4. The van der Waals surface area contributed by atoms with Gasteiger partial charge in [0.15, 0.2) is 11.5 Å². The molecule has 0 saturated heterocycles. The van der Waals surface area contributed by atoms with Crippen LogP contribution in [0.25, 0.3) is 0 Å². The number of halogens is 15. The molecule has 21 heteroatoms. The molecule has 0 amide bonds. The Morgan fingerprint density at radius 1 is 0.394 bits per heavy atom. The van der Waals surface area contributed by atoms with Crippen molar-refractivity contribution in [3.8, 4) is 28.7 Å². The maximum absolute atomic E-state index is 12.6. The van der Waals surface area contributed by atoms with Gasteiger partial charge in [-0.2, -0.15) is 0 Å². The number of hydrogen-bond acceptors (Lipinski definition) is 6. The topological polar surface area (TPSA) is 72.2 Å². The molecule has 0 unspecified atom stereocenters.